The first-order valence-corrected chi connectivity index (χ1v) is 11.3. The molecule has 2 amide bonds. The van der Waals surface area contributed by atoms with Gasteiger partial charge < -0.3 is 37.9 Å². The van der Waals surface area contributed by atoms with Gasteiger partial charge in [0.25, 0.3) is 0 Å². The lowest BCUT2D eigenvalue weighted by molar-refractivity contribution is -0.142. The molecular weight excluding hydrogens is 438 g/mol. The Balaban J connectivity index is 2.18. The second-order valence-corrected chi connectivity index (χ2v) is 8.71. The molecule has 2 rings (SSSR count). The van der Waals surface area contributed by atoms with Gasteiger partial charge in [-0.25, -0.2) is 4.79 Å². The summed E-state index contributed by atoms with van der Waals surface area (Å²) >= 11 is 0. The predicted octanol–water partition coefficient (Wildman–Crippen LogP) is 0.192. The third-order valence-corrected chi connectivity index (χ3v) is 5.35. The molecule has 0 fully saturated rings. The van der Waals surface area contributed by atoms with Crippen molar-refractivity contribution in [2.45, 2.75) is 57.7 Å². The Labute approximate surface area is 198 Å². The summed E-state index contributed by atoms with van der Waals surface area (Å²) in [7, 11) is 0. The van der Waals surface area contributed by atoms with E-state index >= 15 is 0 Å². The van der Waals surface area contributed by atoms with Gasteiger partial charge in [-0.2, -0.15) is 0 Å². The summed E-state index contributed by atoms with van der Waals surface area (Å²) in [6.07, 6.45) is 2.87. The number of benzene rings is 1. The zero-order valence-corrected chi connectivity index (χ0v) is 19.6. The number of carboxylic acid groups (broad SMARTS) is 1. The Kier molecular flexibility index (Phi) is 9.87. The number of nitrogens with one attached hydrogen (secondary N) is 3. The van der Waals surface area contributed by atoms with Crippen molar-refractivity contribution in [2.75, 3.05) is 6.54 Å². The molecule has 0 aliphatic heterocycles. The SMILES string of the molecule is CC(C)C[C@H](N)C(=O)N[C@@H](Cc1c[nH]c2ccccc12)C(=O)N[C@@H](CCCN=C(N)N)C(=O)O. The largest absolute Gasteiger partial charge is 0.480 e. The Morgan fingerprint density at radius 1 is 1.09 bits per heavy atom. The Hall–Kier alpha value is -3.60. The van der Waals surface area contributed by atoms with Crippen molar-refractivity contribution in [1.82, 2.24) is 15.6 Å². The number of aliphatic carboxylic acids is 1. The van der Waals surface area contributed by atoms with Crippen LogP contribution in [0, 0.1) is 5.92 Å². The van der Waals surface area contributed by atoms with Crippen LogP contribution >= 0.6 is 0 Å². The number of aromatic nitrogens is 1. The molecule has 0 bridgehead atoms. The van der Waals surface area contributed by atoms with Gasteiger partial charge in [-0.05, 0) is 36.8 Å². The number of hydrogen-bond donors (Lipinski definition) is 7. The molecule has 0 saturated carbocycles. The molecule has 10 N–H and O–H groups in total. The Bertz CT molecular complexity index is 1010. The minimum absolute atomic E-state index is 0.0878. The second kappa shape index (κ2) is 12.6. The van der Waals surface area contributed by atoms with E-state index in [2.05, 4.69) is 20.6 Å². The number of nitrogens with zero attached hydrogens (tertiary/aromatic N) is 1. The van der Waals surface area contributed by atoms with Gasteiger partial charge in [0.15, 0.2) is 5.96 Å². The minimum atomic E-state index is -1.19. The number of para-hydroxylation sites is 1. The van der Waals surface area contributed by atoms with Crippen LogP contribution in [0.5, 0.6) is 0 Å². The standard InChI is InChI=1S/C23H35N7O4/c1-13(2)10-16(24)20(31)30-19(11-14-12-28-17-7-4-3-6-15(14)17)21(32)29-18(22(33)34)8-5-9-27-23(25)26/h3-4,6-7,12-13,16,18-19,28H,5,8-11,24H2,1-2H3,(H,29,32)(H,30,31)(H,33,34)(H4,25,26,27)/t16-,18-,19-/m0/s1. The van der Waals surface area contributed by atoms with Crippen molar-refractivity contribution in [3.8, 4) is 0 Å². The van der Waals surface area contributed by atoms with E-state index in [0.29, 0.717) is 12.8 Å². The lowest BCUT2D eigenvalue weighted by atomic mass is 10.0. The van der Waals surface area contributed by atoms with Gasteiger partial charge in [0.2, 0.25) is 11.8 Å². The van der Waals surface area contributed by atoms with Crippen molar-refractivity contribution in [2.24, 2.45) is 28.1 Å². The van der Waals surface area contributed by atoms with Crippen molar-refractivity contribution >= 4 is 34.6 Å². The number of amides is 2. The highest BCUT2D eigenvalue weighted by molar-refractivity contribution is 5.93. The van der Waals surface area contributed by atoms with Crippen molar-refractivity contribution < 1.29 is 19.5 Å². The van der Waals surface area contributed by atoms with Gasteiger partial charge >= 0.3 is 5.97 Å². The summed E-state index contributed by atoms with van der Waals surface area (Å²) in [5.41, 5.74) is 18.3. The van der Waals surface area contributed by atoms with Gasteiger partial charge in [0.1, 0.15) is 12.1 Å². The van der Waals surface area contributed by atoms with Crippen LogP contribution in [-0.4, -0.2) is 58.5 Å². The number of carbonyl (C=O) groups is 3. The van der Waals surface area contributed by atoms with Crippen LogP contribution in [-0.2, 0) is 20.8 Å². The minimum Gasteiger partial charge on any atom is -0.480 e. The molecule has 2 aromatic rings. The van der Waals surface area contributed by atoms with E-state index in [-0.39, 0.29) is 31.3 Å². The fourth-order valence-electron chi connectivity index (χ4n) is 3.66. The predicted molar refractivity (Wildman–Crippen MR) is 131 cm³/mol. The van der Waals surface area contributed by atoms with Crippen molar-refractivity contribution in [1.29, 1.82) is 0 Å². The van der Waals surface area contributed by atoms with Gasteiger partial charge in [-0.3, -0.25) is 14.6 Å². The molecular formula is C23H35N7O4. The first-order chi connectivity index (χ1) is 16.1. The molecule has 0 unspecified atom stereocenters. The number of H-pyrrole nitrogens is 1. The third-order valence-electron chi connectivity index (χ3n) is 5.35. The van der Waals surface area contributed by atoms with E-state index in [1.54, 1.807) is 6.20 Å². The highest BCUT2D eigenvalue weighted by Gasteiger charge is 2.29. The van der Waals surface area contributed by atoms with Crippen LogP contribution in [0.3, 0.4) is 0 Å². The normalized spacial score (nSPS) is 13.8. The van der Waals surface area contributed by atoms with Crippen LogP contribution in [0.4, 0.5) is 0 Å². The van der Waals surface area contributed by atoms with E-state index in [4.69, 9.17) is 17.2 Å². The zero-order valence-electron chi connectivity index (χ0n) is 19.6. The number of rotatable bonds is 13. The lowest BCUT2D eigenvalue weighted by Gasteiger charge is -2.23. The molecule has 11 nitrogen and oxygen atoms in total. The summed E-state index contributed by atoms with van der Waals surface area (Å²) in [5.74, 6) is -2.15. The molecule has 1 aromatic carbocycles. The highest BCUT2D eigenvalue weighted by atomic mass is 16.4. The summed E-state index contributed by atoms with van der Waals surface area (Å²) in [4.78, 5) is 44.5. The first kappa shape index (κ1) is 26.7. The van der Waals surface area contributed by atoms with Crippen molar-refractivity contribution in [3.05, 3.63) is 36.0 Å². The molecule has 186 valence electrons. The molecule has 11 heteroatoms. The maximum Gasteiger partial charge on any atom is 0.326 e. The van der Waals surface area contributed by atoms with Gasteiger partial charge in [-0.15, -0.1) is 0 Å². The van der Waals surface area contributed by atoms with E-state index in [9.17, 15) is 19.5 Å². The molecule has 0 aliphatic carbocycles. The van der Waals surface area contributed by atoms with Crippen LogP contribution in [0.1, 0.15) is 38.7 Å². The monoisotopic (exact) mass is 473 g/mol. The van der Waals surface area contributed by atoms with Gasteiger partial charge in [-0.1, -0.05) is 32.0 Å². The first-order valence-electron chi connectivity index (χ1n) is 11.3. The molecule has 34 heavy (non-hydrogen) atoms. The summed E-state index contributed by atoms with van der Waals surface area (Å²) in [5, 5.41) is 15.7. The number of aliphatic imine (C=N–C) groups is 1. The number of guanidine groups is 1. The molecule has 3 atom stereocenters. The van der Waals surface area contributed by atoms with E-state index in [0.717, 1.165) is 16.5 Å². The smallest absolute Gasteiger partial charge is 0.326 e. The zero-order chi connectivity index (χ0) is 25.3. The lowest BCUT2D eigenvalue weighted by Crippen LogP contribution is -2.55. The molecule has 0 aliphatic rings. The number of hydrogen-bond acceptors (Lipinski definition) is 5. The van der Waals surface area contributed by atoms with E-state index < -0.39 is 35.9 Å². The van der Waals surface area contributed by atoms with Gasteiger partial charge in [0, 0.05) is 30.1 Å². The molecule has 0 spiro atoms. The maximum atomic E-state index is 13.1. The van der Waals surface area contributed by atoms with Crippen LogP contribution in [0.25, 0.3) is 10.9 Å². The number of fused-ring (bicyclic) bond motifs is 1. The van der Waals surface area contributed by atoms with Gasteiger partial charge in [0.05, 0.1) is 6.04 Å². The summed E-state index contributed by atoms with van der Waals surface area (Å²) < 4.78 is 0. The average Bonchev–Trinajstić information content (AvgIpc) is 3.17. The average molecular weight is 474 g/mol. The number of carbonyl (C=O) groups excluding carboxylic acids is 2. The number of aromatic amines is 1. The molecule has 0 saturated heterocycles. The summed E-state index contributed by atoms with van der Waals surface area (Å²) in [6.45, 7) is 4.13. The third kappa shape index (κ3) is 8.07. The topological polar surface area (TPSA) is 202 Å². The fraction of sp³-hybridized carbons (Fsp3) is 0.478. The maximum absolute atomic E-state index is 13.1. The summed E-state index contributed by atoms with van der Waals surface area (Å²) in [6, 6.07) is 4.63. The fourth-order valence-corrected chi connectivity index (χ4v) is 3.66. The molecule has 1 aromatic heterocycles. The Morgan fingerprint density at radius 2 is 1.76 bits per heavy atom. The highest BCUT2D eigenvalue weighted by Crippen LogP contribution is 2.19. The van der Waals surface area contributed by atoms with E-state index in [1.165, 1.54) is 0 Å². The molecule has 0 radical (unpaired) electrons. The van der Waals surface area contributed by atoms with Crippen LogP contribution < -0.4 is 27.8 Å². The number of nitrogens with two attached hydrogens (primary N) is 3. The second-order valence-electron chi connectivity index (χ2n) is 8.71. The van der Waals surface area contributed by atoms with Crippen LogP contribution in [0.2, 0.25) is 0 Å². The van der Waals surface area contributed by atoms with Crippen LogP contribution in [0.15, 0.2) is 35.5 Å². The quantitative estimate of drug-likeness (QED) is 0.122. The van der Waals surface area contributed by atoms with E-state index in [1.807, 2.05) is 38.1 Å². The molecule has 1 heterocycles. The van der Waals surface area contributed by atoms with Crippen molar-refractivity contribution in [3.63, 3.8) is 0 Å². The Morgan fingerprint density at radius 3 is 2.41 bits per heavy atom. The number of carboxylic acids is 1.